The molecule has 0 radical (unpaired) electrons. The summed E-state index contributed by atoms with van der Waals surface area (Å²) < 4.78 is 38.0. The van der Waals surface area contributed by atoms with Gasteiger partial charge in [-0.25, -0.2) is 4.98 Å². The lowest BCUT2D eigenvalue weighted by molar-refractivity contribution is -0.137. The molecular formula is C19H24F3N3S. The van der Waals surface area contributed by atoms with E-state index in [0.29, 0.717) is 0 Å². The number of thiazole rings is 1. The molecule has 1 aromatic carbocycles. The summed E-state index contributed by atoms with van der Waals surface area (Å²) in [5.41, 5.74) is 1.11. The Morgan fingerprint density at radius 3 is 2.50 bits per heavy atom. The molecule has 0 saturated carbocycles. The Kier molecular flexibility index (Phi) is 6.32. The quantitative estimate of drug-likeness (QED) is 0.787. The average Bonchev–Trinajstić information content (AvgIpc) is 3.09. The molecular weight excluding hydrogens is 359 g/mol. The summed E-state index contributed by atoms with van der Waals surface area (Å²) in [7, 11) is 1.99. The van der Waals surface area contributed by atoms with Crippen LogP contribution in [-0.4, -0.2) is 36.6 Å². The Hall–Kier alpha value is -1.44. The Labute approximate surface area is 156 Å². The maximum Gasteiger partial charge on any atom is 0.416 e. The van der Waals surface area contributed by atoms with Crippen molar-refractivity contribution in [2.45, 2.75) is 32.0 Å². The Morgan fingerprint density at radius 1 is 1.19 bits per heavy atom. The third-order valence-electron chi connectivity index (χ3n) is 4.91. The van der Waals surface area contributed by atoms with Crippen LogP contribution in [0.5, 0.6) is 0 Å². The lowest BCUT2D eigenvalue weighted by Crippen LogP contribution is -2.34. The highest BCUT2D eigenvalue weighted by atomic mass is 32.1. The molecule has 3 rings (SSSR count). The second-order valence-corrected chi connectivity index (χ2v) is 7.69. The third-order valence-corrected chi connectivity index (χ3v) is 5.85. The minimum atomic E-state index is -4.30. The highest BCUT2D eigenvalue weighted by Gasteiger charge is 2.30. The lowest BCUT2D eigenvalue weighted by Gasteiger charge is -2.31. The second-order valence-electron chi connectivity index (χ2n) is 6.83. The minimum absolute atomic E-state index is 0.626. The van der Waals surface area contributed by atoms with Crippen LogP contribution >= 0.6 is 11.3 Å². The van der Waals surface area contributed by atoms with E-state index in [0.717, 1.165) is 60.5 Å². The molecule has 1 fully saturated rings. The van der Waals surface area contributed by atoms with Gasteiger partial charge in [0, 0.05) is 17.5 Å². The second kappa shape index (κ2) is 8.50. The molecule has 1 N–H and O–H groups in total. The predicted molar refractivity (Wildman–Crippen MR) is 99.1 cm³/mol. The number of nitrogens with zero attached hydrogens (tertiary/aromatic N) is 2. The van der Waals surface area contributed by atoms with Gasteiger partial charge in [-0.2, -0.15) is 13.2 Å². The molecule has 0 aliphatic carbocycles. The van der Waals surface area contributed by atoms with Crippen LogP contribution in [0.15, 0.2) is 29.6 Å². The van der Waals surface area contributed by atoms with Crippen molar-refractivity contribution in [3.63, 3.8) is 0 Å². The van der Waals surface area contributed by atoms with E-state index in [4.69, 9.17) is 0 Å². The molecule has 1 saturated heterocycles. The molecule has 0 atom stereocenters. The Morgan fingerprint density at radius 2 is 1.88 bits per heavy atom. The van der Waals surface area contributed by atoms with E-state index < -0.39 is 11.7 Å². The zero-order valence-electron chi connectivity index (χ0n) is 14.9. The number of rotatable bonds is 6. The molecule has 3 nitrogen and oxygen atoms in total. The van der Waals surface area contributed by atoms with Crippen molar-refractivity contribution in [2.24, 2.45) is 5.92 Å². The Balaban J connectivity index is 1.55. The maximum absolute atomic E-state index is 12.7. The summed E-state index contributed by atoms with van der Waals surface area (Å²) in [5.74, 6) is 0.803. The van der Waals surface area contributed by atoms with Crippen LogP contribution in [0.3, 0.4) is 0 Å². The summed E-state index contributed by atoms with van der Waals surface area (Å²) in [5, 5.41) is 6.00. The van der Waals surface area contributed by atoms with Gasteiger partial charge in [0.25, 0.3) is 0 Å². The molecule has 0 spiro atoms. The van der Waals surface area contributed by atoms with Crippen molar-refractivity contribution in [1.29, 1.82) is 0 Å². The summed E-state index contributed by atoms with van der Waals surface area (Å²) in [6.07, 6.45) is -0.625. The zero-order chi connectivity index (χ0) is 18.6. The van der Waals surface area contributed by atoms with Gasteiger partial charge in [-0.3, -0.25) is 4.90 Å². The fourth-order valence-corrected chi connectivity index (χ4v) is 4.14. The van der Waals surface area contributed by atoms with E-state index in [1.165, 1.54) is 42.7 Å². The van der Waals surface area contributed by atoms with Crippen LogP contribution in [0, 0.1) is 5.92 Å². The highest BCUT2D eigenvalue weighted by Crippen LogP contribution is 2.32. The molecule has 1 aromatic heterocycles. The van der Waals surface area contributed by atoms with Gasteiger partial charge < -0.3 is 5.32 Å². The first-order valence-corrected chi connectivity index (χ1v) is 9.82. The summed E-state index contributed by atoms with van der Waals surface area (Å²) in [6.45, 7) is 4.06. The van der Waals surface area contributed by atoms with Crippen molar-refractivity contribution < 1.29 is 13.2 Å². The smallest absolute Gasteiger partial charge is 0.320 e. The number of alkyl halides is 3. The normalized spacial score (nSPS) is 16.9. The van der Waals surface area contributed by atoms with E-state index in [2.05, 4.69) is 15.2 Å². The average molecular weight is 383 g/mol. The van der Waals surface area contributed by atoms with Gasteiger partial charge in [-0.1, -0.05) is 12.1 Å². The number of nitrogens with one attached hydrogen (secondary N) is 1. The predicted octanol–water partition coefficient (Wildman–Crippen LogP) is 4.65. The van der Waals surface area contributed by atoms with E-state index in [1.807, 2.05) is 12.4 Å². The molecule has 26 heavy (non-hydrogen) atoms. The third kappa shape index (κ3) is 5.05. The lowest BCUT2D eigenvalue weighted by atomic mass is 9.93. The number of hydrogen-bond acceptors (Lipinski definition) is 4. The summed E-state index contributed by atoms with van der Waals surface area (Å²) in [6, 6.07) is 5.23. The molecule has 0 amide bonds. The van der Waals surface area contributed by atoms with E-state index >= 15 is 0 Å². The Bertz CT molecular complexity index is 689. The van der Waals surface area contributed by atoms with E-state index in [9.17, 15) is 13.2 Å². The molecule has 1 aliphatic heterocycles. The SMILES string of the molecule is CNCCC1CCN(Cc2csc(-c3ccc(C(F)(F)F)cc3)n2)CC1. The maximum atomic E-state index is 12.7. The van der Waals surface area contributed by atoms with Crippen molar-refractivity contribution in [1.82, 2.24) is 15.2 Å². The topological polar surface area (TPSA) is 28.2 Å². The molecule has 0 bridgehead atoms. The van der Waals surface area contributed by atoms with Gasteiger partial charge in [0.15, 0.2) is 0 Å². The van der Waals surface area contributed by atoms with Crippen LogP contribution < -0.4 is 5.32 Å². The molecule has 0 unspecified atom stereocenters. The van der Waals surface area contributed by atoms with Gasteiger partial charge in [0.2, 0.25) is 0 Å². The highest BCUT2D eigenvalue weighted by molar-refractivity contribution is 7.13. The molecule has 1 aliphatic rings. The number of hydrogen-bond donors (Lipinski definition) is 1. The fraction of sp³-hybridized carbons (Fsp3) is 0.526. The number of likely N-dealkylation sites (tertiary alicyclic amines) is 1. The van der Waals surface area contributed by atoms with E-state index in [-0.39, 0.29) is 0 Å². The number of piperidine rings is 1. The van der Waals surface area contributed by atoms with Gasteiger partial charge in [-0.05, 0) is 64.0 Å². The first kappa shape index (κ1) is 19.3. The van der Waals surface area contributed by atoms with Crippen molar-refractivity contribution >= 4 is 11.3 Å². The van der Waals surface area contributed by atoms with Gasteiger partial charge in [-0.15, -0.1) is 11.3 Å². The number of halogens is 3. The largest absolute Gasteiger partial charge is 0.416 e. The van der Waals surface area contributed by atoms with Crippen molar-refractivity contribution in [3.8, 4) is 10.6 Å². The number of aromatic nitrogens is 1. The van der Waals surface area contributed by atoms with Gasteiger partial charge in [0.05, 0.1) is 11.3 Å². The van der Waals surface area contributed by atoms with Gasteiger partial charge in [0.1, 0.15) is 5.01 Å². The molecule has 2 heterocycles. The van der Waals surface area contributed by atoms with E-state index in [1.54, 1.807) is 0 Å². The summed E-state index contributed by atoms with van der Waals surface area (Å²) in [4.78, 5) is 7.04. The van der Waals surface area contributed by atoms with Crippen LogP contribution in [0.25, 0.3) is 10.6 Å². The first-order valence-electron chi connectivity index (χ1n) is 8.94. The first-order chi connectivity index (χ1) is 12.5. The van der Waals surface area contributed by atoms with Crippen molar-refractivity contribution in [3.05, 3.63) is 40.9 Å². The van der Waals surface area contributed by atoms with Gasteiger partial charge >= 0.3 is 6.18 Å². The van der Waals surface area contributed by atoms with Crippen LogP contribution in [0.1, 0.15) is 30.5 Å². The minimum Gasteiger partial charge on any atom is -0.320 e. The summed E-state index contributed by atoms with van der Waals surface area (Å²) >= 11 is 1.49. The van der Waals surface area contributed by atoms with Crippen LogP contribution in [0.4, 0.5) is 13.2 Å². The van der Waals surface area contributed by atoms with Crippen LogP contribution in [0.2, 0.25) is 0 Å². The monoisotopic (exact) mass is 383 g/mol. The van der Waals surface area contributed by atoms with Crippen molar-refractivity contribution in [2.75, 3.05) is 26.7 Å². The molecule has 2 aromatic rings. The molecule has 142 valence electrons. The zero-order valence-corrected chi connectivity index (χ0v) is 15.7. The standard InChI is InChI=1S/C19H24F3N3S/c1-23-9-6-14-7-10-25(11-8-14)12-17-13-26-18(24-17)15-2-4-16(5-3-15)19(20,21)22/h2-5,13-14,23H,6-12H2,1H3. The van der Waals surface area contributed by atoms with Crippen LogP contribution in [-0.2, 0) is 12.7 Å². The molecule has 7 heteroatoms. The fourth-order valence-electron chi connectivity index (χ4n) is 3.32. The number of benzene rings is 1.